The molecule has 0 aromatic heterocycles. The van der Waals surface area contributed by atoms with Gasteiger partial charge in [0.1, 0.15) is 0 Å². The standard InChI is InChI=1S/C31H42O6/c1-5-25(36-21-19-34-17-15-32-3)23-31(24-26(6-2)37-22-20-35-18-16-33-4)29-13-9-7-11-27(29)28-12-8-10-14-30(28)31/h5-14,25-26H,1-2,15-24H2,3-4H3. The van der Waals surface area contributed by atoms with E-state index >= 15 is 0 Å². The monoisotopic (exact) mass is 510 g/mol. The van der Waals surface area contributed by atoms with Crippen LogP contribution in [0.2, 0.25) is 0 Å². The van der Waals surface area contributed by atoms with Crippen molar-refractivity contribution in [3.63, 3.8) is 0 Å². The minimum Gasteiger partial charge on any atom is -0.382 e. The maximum Gasteiger partial charge on any atom is 0.0766 e. The molecule has 0 bridgehead atoms. The molecule has 202 valence electrons. The third kappa shape index (κ3) is 7.84. The first-order valence-corrected chi connectivity index (χ1v) is 13.0. The molecule has 2 aromatic carbocycles. The summed E-state index contributed by atoms with van der Waals surface area (Å²) in [4.78, 5) is 0. The van der Waals surface area contributed by atoms with Crippen LogP contribution in [0.4, 0.5) is 0 Å². The fourth-order valence-electron chi connectivity index (χ4n) is 5.05. The Morgan fingerprint density at radius 3 is 1.43 bits per heavy atom. The van der Waals surface area contributed by atoms with E-state index in [1.165, 1.54) is 22.3 Å². The summed E-state index contributed by atoms with van der Waals surface area (Å²) in [7, 11) is 3.33. The lowest BCUT2D eigenvalue weighted by atomic mass is 9.70. The lowest BCUT2D eigenvalue weighted by Crippen LogP contribution is -2.36. The van der Waals surface area contributed by atoms with Gasteiger partial charge in [0.15, 0.2) is 0 Å². The van der Waals surface area contributed by atoms with Crippen LogP contribution in [0.25, 0.3) is 11.1 Å². The Morgan fingerprint density at radius 2 is 1.03 bits per heavy atom. The van der Waals surface area contributed by atoms with E-state index in [4.69, 9.17) is 28.4 Å². The summed E-state index contributed by atoms with van der Waals surface area (Å²) in [5, 5.41) is 0. The molecule has 37 heavy (non-hydrogen) atoms. The number of hydrogen-bond donors (Lipinski definition) is 0. The van der Waals surface area contributed by atoms with Gasteiger partial charge in [0, 0.05) is 19.6 Å². The van der Waals surface area contributed by atoms with E-state index in [-0.39, 0.29) is 17.6 Å². The van der Waals surface area contributed by atoms with Crippen LogP contribution in [-0.2, 0) is 33.8 Å². The van der Waals surface area contributed by atoms with Crippen molar-refractivity contribution < 1.29 is 28.4 Å². The van der Waals surface area contributed by atoms with E-state index in [0.717, 1.165) is 12.8 Å². The molecule has 1 aliphatic rings. The number of rotatable bonds is 20. The topological polar surface area (TPSA) is 55.4 Å². The number of fused-ring (bicyclic) bond motifs is 3. The summed E-state index contributed by atoms with van der Waals surface area (Å²) in [6.07, 6.45) is 4.95. The highest BCUT2D eigenvalue weighted by atomic mass is 16.5. The molecule has 6 heteroatoms. The SMILES string of the molecule is C=CC(CC1(CC(C=C)OCCOCCOC)c2ccccc2-c2ccccc21)OCCOCCOC. The minimum absolute atomic E-state index is 0.159. The average Bonchev–Trinajstić information content (AvgIpc) is 3.20. The van der Waals surface area contributed by atoms with Gasteiger partial charge < -0.3 is 28.4 Å². The van der Waals surface area contributed by atoms with Gasteiger partial charge in [-0.1, -0.05) is 60.7 Å². The van der Waals surface area contributed by atoms with E-state index in [1.807, 2.05) is 12.2 Å². The van der Waals surface area contributed by atoms with Crippen molar-refractivity contribution in [3.8, 4) is 11.1 Å². The molecular weight excluding hydrogens is 468 g/mol. The van der Waals surface area contributed by atoms with Crippen LogP contribution in [0.15, 0.2) is 73.8 Å². The molecule has 2 atom stereocenters. The highest BCUT2D eigenvalue weighted by molar-refractivity contribution is 5.81. The second kappa shape index (κ2) is 15.8. The molecule has 0 saturated heterocycles. The average molecular weight is 511 g/mol. The summed E-state index contributed by atoms with van der Waals surface area (Å²) < 4.78 is 33.8. The van der Waals surface area contributed by atoms with E-state index in [9.17, 15) is 0 Å². The molecule has 0 radical (unpaired) electrons. The van der Waals surface area contributed by atoms with Gasteiger partial charge in [-0.15, -0.1) is 13.2 Å². The zero-order chi connectivity index (χ0) is 26.3. The van der Waals surface area contributed by atoms with Gasteiger partial charge >= 0.3 is 0 Å². The molecule has 0 saturated carbocycles. The van der Waals surface area contributed by atoms with Crippen LogP contribution >= 0.6 is 0 Å². The molecule has 0 spiro atoms. The number of benzene rings is 2. The Bertz CT molecular complexity index is 881. The first kappa shape index (κ1) is 29.2. The first-order chi connectivity index (χ1) is 18.2. The Labute approximate surface area is 222 Å². The third-order valence-electron chi connectivity index (χ3n) is 6.78. The zero-order valence-electron chi connectivity index (χ0n) is 22.4. The molecule has 2 unspecified atom stereocenters. The molecule has 0 N–H and O–H groups in total. The molecular formula is C31H42O6. The van der Waals surface area contributed by atoms with Gasteiger partial charge in [-0.25, -0.2) is 0 Å². The molecule has 1 aliphatic carbocycles. The highest BCUT2D eigenvalue weighted by Crippen LogP contribution is 2.54. The van der Waals surface area contributed by atoms with Gasteiger partial charge in [0.2, 0.25) is 0 Å². The van der Waals surface area contributed by atoms with Crippen molar-refractivity contribution in [2.75, 3.05) is 67.1 Å². The molecule has 0 heterocycles. The molecule has 0 fully saturated rings. The largest absolute Gasteiger partial charge is 0.382 e. The molecule has 0 aliphatic heterocycles. The Kier molecular flexibility index (Phi) is 12.5. The van der Waals surface area contributed by atoms with Crippen LogP contribution in [0.3, 0.4) is 0 Å². The second-order valence-electron chi connectivity index (χ2n) is 9.08. The number of methoxy groups -OCH3 is 2. The van der Waals surface area contributed by atoms with Crippen molar-refractivity contribution in [2.45, 2.75) is 30.5 Å². The summed E-state index contributed by atoms with van der Waals surface area (Å²) >= 11 is 0. The molecule has 2 aromatic rings. The van der Waals surface area contributed by atoms with Gasteiger partial charge in [-0.05, 0) is 35.1 Å². The van der Waals surface area contributed by atoms with Crippen molar-refractivity contribution in [1.82, 2.24) is 0 Å². The van der Waals surface area contributed by atoms with Crippen LogP contribution in [0, 0.1) is 0 Å². The molecule has 3 rings (SSSR count). The summed E-state index contributed by atoms with van der Waals surface area (Å²) in [5.41, 5.74) is 4.77. The van der Waals surface area contributed by atoms with Gasteiger partial charge in [0.05, 0.1) is 65.1 Å². The molecule has 6 nitrogen and oxygen atoms in total. The maximum absolute atomic E-state index is 6.26. The van der Waals surface area contributed by atoms with Crippen LogP contribution in [0.1, 0.15) is 24.0 Å². The third-order valence-corrected chi connectivity index (χ3v) is 6.78. The summed E-state index contributed by atoms with van der Waals surface area (Å²) in [5.74, 6) is 0. The van der Waals surface area contributed by atoms with Crippen LogP contribution in [-0.4, -0.2) is 79.3 Å². The fraction of sp³-hybridized carbons (Fsp3) is 0.484. The summed E-state index contributed by atoms with van der Waals surface area (Å²) in [6, 6.07) is 17.3. The minimum atomic E-state index is -0.321. The Morgan fingerprint density at radius 1 is 0.622 bits per heavy atom. The van der Waals surface area contributed by atoms with Gasteiger partial charge in [-0.2, -0.15) is 0 Å². The van der Waals surface area contributed by atoms with Crippen molar-refractivity contribution >= 4 is 0 Å². The highest BCUT2D eigenvalue weighted by Gasteiger charge is 2.45. The quantitative estimate of drug-likeness (QED) is 0.180. The second-order valence-corrected chi connectivity index (χ2v) is 9.08. The summed E-state index contributed by atoms with van der Waals surface area (Å²) in [6.45, 7) is 12.4. The first-order valence-electron chi connectivity index (χ1n) is 13.0. The van der Waals surface area contributed by atoms with E-state index in [1.54, 1.807) is 14.2 Å². The lowest BCUT2D eigenvalue weighted by Gasteiger charge is -2.37. The molecule has 0 amide bonds. The van der Waals surface area contributed by atoms with E-state index in [0.29, 0.717) is 52.9 Å². The normalized spacial score (nSPS) is 15.1. The van der Waals surface area contributed by atoms with Crippen molar-refractivity contribution in [3.05, 3.63) is 85.0 Å². The van der Waals surface area contributed by atoms with Crippen LogP contribution in [0.5, 0.6) is 0 Å². The number of hydrogen-bond acceptors (Lipinski definition) is 6. The smallest absolute Gasteiger partial charge is 0.0766 e. The van der Waals surface area contributed by atoms with Gasteiger partial charge in [-0.3, -0.25) is 0 Å². The zero-order valence-corrected chi connectivity index (χ0v) is 22.4. The van der Waals surface area contributed by atoms with E-state index < -0.39 is 0 Å². The fourth-order valence-corrected chi connectivity index (χ4v) is 5.05. The number of ether oxygens (including phenoxy) is 6. The van der Waals surface area contributed by atoms with Crippen LogP contribution < -0.4 is 0 Å². The Hall–Kier alpha value is -2.32. The van der Waals surface area contributed by atoms with Gasteiger partial charge in [0.25, 0.3) is 0 Å². The van der Waals surface area contributed by atoms with Crippen molar-refractivity contribution in [1.29, 1.82) is 0 Å². The Balaban J connectivity index is 1.81. The predicted molar refractivity (Wildman–Crippen MR) is 147 cm³/mol. The lowest BCUT2D eigenvalue weighted by molar-refractivity contribution is -0.0106. The maximum atomic E-state index is 6.26. The predicted octanol–water partition coefficient (Wildman–Crippen LogP) is 5.20. The van der Waals surface area contributed by atoms with E-state index in [2.05, 4.69) is 61.7 Å². The van der Waals surface area contributed by atoms with Crippen molar-refractivity contribution in [2.24, 2.45) is 0 Å².